The van der Waals surface area contributed by atoms with Gasteiger partial charge in [0.2, 0.25) is 0 Å². The minimum Gasteiger partial charge on any atom is -0.406 e. The largest absolute Gasteiger partial charge is 0.406 e. The number of rotatable bonds is 12. The lowest BCUT2D eigenvalue weighted by Gasteiger charge is -2.47. The molecule has 0 fully saturated rings. The van der Waals surface area contributed by atoms with Crippen LogP contribution in [0.5, 0.6) is 0 Å². The molecule has 4 rings (SSSR count). The van der Waals surface area contributed by atoms with E-state index in [1.165, 1.54) is 0 Å². The standard InChI is InChI=1S/C37H44BrFO3Si2/c1-36(2,3)43(29-19-11-7-12-20-29,30-21-13-8-14-22-30)41-28-33(38)35(34(39)27-40)42-44(37(4,5)6,31-23-15-9-16-24-31)32-25-17-10-18-26-32/h7-27,33-35H,28H2,1-6H3/t33-,34-,35+/m0/s1. The summed E-state index contributed by atoms with van der Waals surface area (Å²) in [5.41, 5.74) is 0. The molecule has 0 spiro atoms. The molecule has 3 atom stereocenters. The third kappa shape index (κ3) is 6.77. The number of hydrogen-bond donors (Lipinski definition) is 0. The van der Waals surface area contributed by atoms with Gasteiger partial charge in [0.1, 0.15) is 0 Å². The monoisotopic (exact) mass is 690 g/mol. The van der Waals surface area contributed by atoms with Crippen molar-refractivity contribution in [1.82, 2.24) is 0 Å². The molecular weight excluding hydrogens is 647 g/mol. The van der Waals surface area contributed by atoms with Crippen LogP contribution in [-0.4, -0.2) is 46.6 Å². The van der Waals surface area contributed by atoms with Crippen molar-refractivity contribution in [3.63, 3.8) is 0 Å². The fourth-order valence-corrected chi connectivity index (χ4v) is 16.6. The molecule has 0 N–H and O–H groups in total. The summed E-state index contributed by atoms with van der Waals surface area (Å²) in [6, 6.07) is 40.9. The van der Waals surface area contributed by atoms with Crippen LogP contribution in [0.1, 0.15) is 41.5 Å². The third-order valence-corrected chi connectivity index (χ3v) is 19.2. The minimum atomic E-state index is -3.17. The molecule has 0 saturated carbocycles. The molecule has 0 aliphatic rings. The van der Waals surface area contributed by atoms with Gasteiger partial charge in [-0.05, 0) is 30.8 Å². The van der Waals surface area contributed by atoms with Crippen molar-refractivity contribution in [3.8, 4) is 0 Å². The predicted octanol–water partition coefficient (Wildman–Crippen LogP) is 6.81. The maximum atomic E-state index is 16.0. The average molecular weight is 692 g/mol. The van der Waals surface area contributed by atoms with Gasteiger partial charge in [0.05, 0.1) is 10.9 Å². The Morgan fingerprint density at radius 3 is 1.25 bits per heavy atom. The molecule has 0 saturated heterocycles. The van der Waals surface area contributed by atoms with Gasteiger partial charge in [0.25, 0.3) is 16.6 Å². The van der Waals surface area contributed by atoms with Crippen LogP contribution < -0.4 is 20.7 Å². The number of benzene rings is 4. The van der Waals surface area contributed by atoms with Gasteiger partial charge in [-0.15, -0.1) is 0 Å². The predicted molar refractivity (Wildman–Crippen MR) is 190 cm³/mol. The molecule has 0 aliphatic carbocycles. The van der Waals surface area contributed by atoms with Crippen LogP contribution >= 0.6 is 15.9 Å². The van der Waals surface area contributed by atoms with Gasteiger partial charge in [-0.25, -0.2) is 4.39 Å². The first kappa shape index (κ1) is 34.2. The number of carbonyl (C=O) groups is 1. The van der Waals surface area contributed by atoms with Gasteiger partial charge in [-0.2, -0.15) is 0 Å². The van der Waals surface area contributed by atoms with Crippen LogP contribution in [-0.2, 0) is 13.6 Å². The highest BCUT2D eigenvalue weighted by atomic mass is 79.9. The first-order chi connectivity index (χ1) is 20.9. The SMILES string of the molecule is CC(C)(C)[Si](OC[C@H](Br)[C@@H](O[Si](c1ccccc1)(c1ccccc1)C(C)(C)C)[C@@H](F)C=O)(c1ccccc1)c1ccccc1. The Kier molecular flexibility index (Phi) is 11.0. The summed E-state index contributed by atoms with van der Waals surface area (Å²) >= 11 is 3.81. The van der Waals surface area contributed by atoms with Crippen LogP contribution in [0.3, 0.4) is 0 Å². The molecule has 44 heavy (non-hydrogen) atoms. The van der Waals surface area contributed by atoms with E-state index in [1.807, 2.05) is 72.8 Å². The van der Waals surface area contributed by atoms with E-state index in [2.05, 4.69) is 106 Å². The number of hydrogen-bond acceptors (Lipinski definition) is 3. The summed E-state index contributed by atoms with van der Waals surface area (Å²) in [5, 5.41) is 3.67. The molecule has 0 aromatic heterocycles. The van der Waals surface area contributed by atoms with Gasteiger partial charge in [0, 0.05) is 6.61 Å². The van der Waals surface area contributed by atoms with E-state index in [0.29, 0.717) is 6.29 Å². The number of alkyl halides is 2. The lowest BCUT2D eigenvalue weighted by molar-refractivity contribution is -0.115. The lowest BCUT2D eigenvalue weighted by atomic mass is 10.2. The zero-order valence-corrected chi connectivity index (χ0v) is 30.1. The van der Waals surface area contributed by atoms with Crippen molar-refractivity contribution in [1.29, 1.82) is 0 Å². The fraction of sp³-hybridized carbons (Fsp3) is 0.324. The summed E-state index contributed by atoms with van der Waals surface area (Å²) in [7, 11) is -6.08. The topological polar surface area (TPSA) is 35.5 Å². The van der Waals surface area contributed by atoms with Crippen LogP contribution in [0.4, 0.5) is 4.39 Å². The van der Waals surface area contributed by atoms with E-state index in [9.17, 15) is 4.79 Å². The highest BCUT2D eigenvalue weighted by Crippen LogP contribution is 2.40. The van der Waals surface area contributed by atoms with E-state index in [4.69, 9.17) is 8.85 Å². The molecule has 3 nitrogen and oxygen atoms in total. The normalized spacial score (nSPS) is 14.9. The van der Waals surface area contributed by atoms with E-state index < -0.39 is 33.7 Å². The highest BCUT2D eigenvalue weighted by molar-refractivity contribution is 9.09. The van der Waals surface area contributed by atoms with Gasteiger partial charge < -0.3 is 13.6 Å². The summed E-state index contributed by atoms with van der Waals surface area (Å²) in [4.78, 5) is 11.6. The quantitative estimate of drug-likeness (QED) is 0.0931. The first-order valence-corrected chi connectivity index (χ1v) is 19.9. The summed E-state index contributed by atoms with van der Waals surface area (Å²) < 4.78 is 30.3. The Morgan fingerprint density at radius 2 is 0.955 bits per heavy atom. The molecule has 0 radical (unpaired) electrons. The smallest absolute Gasteiger partial charge is 0.261 e. The second-order valence-corrected chi connectivity index (χ2v) is 23.1. The Bertz CT molecular complexity index is 1380. The summed E-state index contributed by atoms with van der Waals surface area (Å²) in [6.07, 6.45) is -2.58. The molecule has 232 valence electrons. The number of carbonyl (C=O) groups excluding carboxylic acids is 1. The van der Waals surface area contributed by atoms with Gasteiger partial charge in [0.15, 0.2) is 12.5 Å². The first-order valence-electron chi connectivity index (χ1n) is 15.2. The second kappa shape index (κ2) is 14.2. The Morgan fingerprint density at radius 1 is 0.636 bits per heavy atom. The molecular formula is C37H44BrFO3Si2. The Labute approximate surface area is 273 Å². The van der Waals surface area contributed by atoms with Gasteiger partial charge in [-0.3, -0.25) is 0 Å². The van der Waals surface area contributed by atoms with E-state index >= 15 is 4.39 Å². The summed E-state index contributed by atoms with van der Waals surface area (Å²) in [6.45, 7) is 13.2. The zero-order valence-electron chi connectivity index (χ0n) is 26.5. The fourth-order valence-electron chi connectivity index (χ4n) is 6.37. The van der Waals surface area contributed by atoms with E-state index in [-0.39, 0.29) is 16.7 Å². The Balaban J connectivity index is 1.82. The van der Waals surface area contributed by atoms with E-state index in [1.54, 1.807) is 0 Å². The second-order valence-electron chi connectivity index (χ2n) is 13.3. The van der Waals surface area contributed by atoms with Gasteiger partial charge >= 0.3 is 0 Å². The van der Waals surface area contributed by atoms with Crippen LogP contribution in [0.15, 0.2) is 121 Å². The maximum absolute atomic E-state index is 16.0. The molecule has 0 unspecified atom stereocenters. The Hall–Kier alpha value is -2.69. The molecule has 7 heteroatoms. The molecule has 4 aromatic rings. The molecule has 0 bridgehead atoms. The minimum absolute atomic E-state index is 0.157. The lowest BCUT2D eigenvalue weighted by Crippen LogP contribution is -2.70. The van der Waals surface area contributed by atoms with Crippen molar-refractivity contribution in [3.05, 3.63) is 121 Å². The zero-order chi connectivity index (χ0) is 32.0. The van der Waals surface area contributed by atoms with Crippen molar-refractivity contribution < 1.29 is 18.0 Å². The third-order valence-electron chi connectivity index (χ3n) is 8.41. The number of halogens is 2. The van der Waals surface area contributed by atoms with Crippen molar-refractivity contribution in [2.45, 2.75) is 68.7 Å². The number of aldehydes is 1. The highest BCUT2D eigenvalue weighted by Gasteiger charge is 2.54. The molecule has 0 aliphatic heterocycles. The van der Waals surface area contributed by atoms with E-state index in [0.717, 1.165) is 20.7 Å². The van der Waals surface area contributed by atoms with Crippen molar-refractivity contribution in [2.24, 2.45) is 0 Å². The van der Waals surface area contributed by atoms with Crippen molar-refractivity contribution in [2.75, 3.05) is 6.61 Å². The van der Waals surface area contributed by atoms with Crippen LogP contribution in [0.2, 0.25) is 10.1 Å². The van der Waals surface area contributed by atoms with Crippen LogP contribution in [0.25, 0.3) is 0 Å². The van der Waals surface area contributed by atoms with Gasteiger partial charge in [-0.1, -0.05) is 179 Å². The van der Waals surface area contributed by atoms with Crippen molar-refractivity contribution >= 4 is 59.6 Å². The average Bonchev–Trinajstić information content (AvgIpc) is 3.02. The molecule has 0 heterocycles. The molecule has 0 amide bonds. The molecule has 4 aromatic carbocycles. The van der Waals surface area contributed by atoms with Crippen LogP contribution in [0, 0.1) is 0 Å². The maximum Gasteiger partial charge on any atom is 0.261 e. The summed E-state index contributed by atoms with van der Waals surface area (Å²) in [5.74, 6) is 0.